The molecule has 2 aromatic rings. The summed E-state index contributed by atoms with van der Waals surface area (Å²) in [5.41, 5.74) is 1.67. The molecule has 0 aliphatic carbocycles. The summed E-state index contributed by atoms with van der Waals surface area (Å²) in [7, 11) is -3.37. The summed E-state index contributed by atoms with van der Waals surface area (Å²) in [6.07, 6.45) is 1.69. The van der Waals surface area contributed by atoms with Gasteiger partial charge in [0.25, 0.3) is 0 Å². The number of carbonyl (C=O) groups is 2. The number of ketones is 1. The number of nitrogens with zero attached hydrogens (tertiary/aromatic N) is 1. The monoisotopic (exact) mass is 393 g/mol. The van der Waals surface area contributed by atoms with Crippen LogP contribution in [0, 0.1) is 6.92 Å². The summed E-state index contributed by atoms with van der Waals surface area (Å²) in [6.45, 7) is 3.40. The second-order valence-electron chi connectivity index (χ2n) is 6.37. The maximum absolute atomic E-state index is 12.2. The average molecular weight is 393 g/mol. The van der Waals surface area contributed by atoms with E-state index in [1.165, 1.54) is 28.0 Å². The molecule has 1 aliphatic heterocycles. The van der Waals surface area contributed by atoms with E-state index in [4.69, 9.17) is 4.74 Å². The number of aryl methyl sites for hydroxylation is 1. The Bertz CT molecular complexity index is 977. The highest BCUT2D eigenvalue weighted by Crippen LogP contribution is 2.34. The Kier molecular flexibility index (Phi) is 4.90. The normalized spacial score (nSPS) is 16.4. The summed E-state index contributed by atoms with van der Waals surface area (Å²) in [4.78, 5) is 25.9. The number of benzene rings is 1. The van der Waals surface area contributed by atoms with Crippen LogP contribution in [0.3, 0.4) is 0 Å². The van der Waals surface area contributed by atoms with Crippen LogP contribution in [0.25, 0.3) is 0 Å². The van der Waals surface area contributed by atoms with Gasteiger partial charge < -0.3 is 4.74 Å². The molecule has 0 bridgehead atoms. The van der Waals surface area contributed by atoms with Gasteiger partial charge in [-0.3, -0.25) is 9.10 Å². The number of anilines is 1. The Hall–Kier alpha value is -2.19. The van der Waals surface area contributed by atoms with Crippen molar-refractivity contribution < 1.29 is 22.7 Å². The first-order valence-corrected chi connectivity index (χ1v) is 10.7. The fourth-order valence-corrected chi connectivity index (χ4v) is 5.16. The molecule has 6 nitrogen and oxygen atoms in total. The van der Waals surface area contributed by atoms with Crippen molar-refractivity contribution in [2.24, 2.45) is 0 Å². The van der Waals surface area contributed by atoms with E-state index in [2.05, 4.69) is 0 Å². The fourth-order valence-electron chi connectivity index (χ4n) is 3.11. The second kappa shape index (κ2) is 6.85. The first kappa shape index (κ1) is 18.6. The number of Topliss-reactive ketones (excluding diaryl/α,β-unsaturated/α-hetero) is 1. The van der Waals surface area contributed by atoms with Gasteiger partial charge in [-0.05, 0) is 56.2 Å². The molecule has 0 saturated heterocycles. The van der Waals surface area contributed by atoms with Gasteiger partial charge in [0.1, 0.15) is 0 Å². The minimum absolute atomic E-state index is 0.199. The third-order valence-corrected chi connectivity index (χ3v) is 6.49. The first-order valence-electron chi connectivity index (χ1n) is 8.06. The molecule has 1 aliphatic rings. The van der Waals surface area contributed by atoms with Gasteiger partial charge in [-0.25, -0.2) is 13.2 Å². The lowest BCUT2D eigenvalue weighted by atomic mass is 10.1. The number of ether oxygens (including phenoxy) is 1. The van der Waals surface area contributed by atoms with E-state index < -0.39 is 16.0 Å². The van der Waals surface area contributed by atoms with E-state index in [1.807, 2.05) is 19.9 Å². The summed E-state index contributed by atoms with van der Waals surface area (Å²) in [6, 6.07) is 8.13. The van der Waals surface area contributed by atoms with Crippen LogP contribution in [0.4, 0.5) is 5.69 Å². The Morgan fingerprint density at radius 3 is 2.62 bits per heavy atom. The summed E-state index contributed by atoms with van der Waals surface area (Å²) in [5, 5.41) is 0. The third-order valence-electron chi connectivity index (χ3n) is 4.18. The van der Waals surface area contributed by atoms with Crippen LogP contribution in [0.1, 0.15) is 37.4 Å². The van der Waals surface area contributed by atoms with Crippen LogP contribution in [-0.4, -0.2) is 39.1 Å². The first-order chi connectivity index (χ1) is 12.2. The van der Waals surface area contributed by atoms with E-state index in [-0.39, 0.29) is 18.4 Å². The largest absolute Gasteiger partial charge is 0.454 e. The van der Waals surface area contributed by atoms with Crippen LogP contribution in [0.2, 0.25) is 0 Å². The Labute approximate surface area is 156 Å². The maximum atomic E-state index is 12.2. The van der Waals surface area contributed by atoms with E-state index >= 15 is 0 Å². The molecule has 0 spiro atoms. The molecule has 138 valence electrons. The third kappa shape index (κ3) is 3.66. The van der Waals surface area contributed by atoms with Gasteiger partial charge in [0.05, 0.1) is 22.4 Å². The highest BCUT2D eigenvalue weighted by atomic mass is 32.2. The topological polar surface area (TPSA) is 80.8 Å². The quantitative estimate of drug-likeness (QED) is 0.576. The lowest BCUT2D eigenvalue weighted by Crippen LogP contribution is -2.34. The highest BCUT2D eigenvalue weighted by molar-refractivity contribution is 7.92. The van der Waals surface area contributed by atoms with Crippen molar-refractivity contribution in [3.8, 4) is 0 Å². The van der Waals surface area contributed by atoms with Crippen LogP contribution < -0.4 is 4.31 Å². The van der Waals surface area contributed by atoms with Crippen molar-refractivity contribution in [2.75, 3.05) is 17.2 Å². The number of thiophene rings is 1. The number of sulfonamides is 1. The molecule has 0 fully saturated rings. The van der Waals surface area contributed by atoms with Gasteiger partial charge in [0.2, 0.25) is 15.8 Å². The number of hydrogen-bond acceptors (Lipinski definition) is 6. The average Bonchev–Trinajstić information content (AvgIpc) is 3.13. The molecule has 26 heavy (non-hydrogen) atoms. The molecule has 0 unspecified atom stereocenters. The van der Waals surface area contributed by atoms with Crippen LogP contribution in [0.5, 0.6) is 0 Å². The molecular formula is C18H19NO5S2. The van der Waals surface area contributed by atoms with Crippen LogP contribution in [-0.2, 0) is 21.2 Å². The summed E-state index contributed by atoms with van der Waals surface area (Å²) in [5.74, 6) is -0.839. The van der Waals surface area contributed by atoms with Crippen molar-refractivity contribution in [1.29, 1.82) is 0 Å². The molecule has 8 heteroatoms. The standard InChI is InChI=1S/C18H19NO5S2/c1-11-8-14-9-13(5-6-15(14)19(11)26(3,22)23)18(21)24-10-16(20)17-7-4-12(2)25-17/h4-7,9,11H,8,10H2,1-3H3/t11-/m0/s1. The number of esters is 1. The molecule has 1 atom stereocenters. The molecule has 1 aromatic heterocycles. The van der Waals surface area contributed by atoms with E-state index in [0.717, 1.165) is 10.4 Å². The van der Waals surface area contributed by atoms with Crippen molar-refractivity contribution in [2.45, 2.75) is 26.3 Å². The predicted octanol–water partition coefficient (Wildman–Crippen LogP) is 2.81. The molecule has 1 aromatic carbocycles. The van der Waals surface area contributed by atoms with Crippen LogP contribution in [0.15, 0.2) is 30.3 Å². The van der Waals surface area contributed by atoms with Gasteiger partial charge >= 0.3 is 5.97 Å². The van der Waals surface area contributed by atoms with Crippen molar-refractivity contribution in [3.05, 3.63) is 51.2 Å². The number of hydrogen-bond donors (Lipinski definition) is 0. The van der Waals surface area contributed by atoms with E-state index in [1.54, 1.807) is 18.2 Å². The van der Waals surface area contributed by atoms with Crippen LogP contribution >= 0.6 is 11.3 Å². The zero-order chi connectivity index (χ0) is 19.1. The molecule has 3 rings (SSSR count). The maximum Gasteiger partial charge on any atom is 0.338 e. The molecule has 0 N–H and O–H groups in total. The van der Waals surface area contributed by atoms with Gasteiger partial charge in [0.15, 0.2) is 6.61 Å². The molecule has 2 heterocycles. The molecular weight excluding hydrogens is 374 g/mol. The molecule has 0 saturated carbocycles. The van der Waals surface area contributed by atoms with E-state index in [9.17, 15) is 18.0 Å². The number of rotatable bonds is 5. The predicted molar refractivity (Wildman–Crippen MR) is 101 cm³/mol. The van der Waals surface area contributed by atoms with Crippen molar-refractivity contribution >= 4 is 38.8 Å². The summed E-state index contributed by atoms with van der Waals surface area (Å²) < 4.78 is 30.4. The van der Waals surface area contributed by atoms with E-state index in [0.29, 0.717) is 22.5 Å². The number of carbonyl (C=O) groups excluding carboxylic acids is 2. The molecule has 0 amide bonds. The number of fused-ring (bicyclic) bond motifs is 1. The zero-order valence-corrected chi connectivity index (χ0v) is 16.3. The SMILES string of the molecule is Cc1ccc(C(=O)COC(=O)c2ccc3c(c2)C[C@H](C)N3S(C)(=O)=O)s1. The second-order valence-corrected chi connectivity index (χ2v) is 9.51. The van der Waals surface area contributed by atoms with Gasteiger partial charge in [0, 0.05) is 10.9 Å². The smallest absolute Gasteiger partial charge is 0.338 e. The minimum Gasteiger partial charge on any atom is -0.454 e. The van der Waals surface area contributed by atoms with Crippen molar-refractivity contribution in [3.63, 3.8) is 0 Å². The highest BCUT2D eigenvalue weighted by Gasteiger charge is 2.33. The van der Waals surface area contributed by atoms with Gasteiger partial charge in [-0.1, -0.05) is 0 Å². The lowest BCUT2D eigenvalue weighted by molar-refractivity contribution is 0.0476. The van der Waals surface area contributed by atoms with Gasteiger partial charge in [-0.15, -0.1) is 11.3 Å². The fraction of sp³-hybridized carbons (Fsp3) is 0.333. The summed E-state index contributed by atoms with van der Waals surface area (Å²) >= 11 is 1.36. The molecule has 0 radical (unpaired) electrons. The Balaban J connectivity index is 1.72. The van der Waals surface area contributed by atoms with Crippen molar-refractivity contribution in [1.82, 2.24) is 0 Å². The zero-order valence-electron chi connectivity index (χ0n) is 14.7. The Morgan fingerprint density at radius 2 is 2.00 bits per heavy atom. The van der Waals surface area contributed by atoms with Gasteiger partial charge in [-0.2, -0.15) is 0 Å². The lowest BCUT2D eigenvalue weighted by Gasteiger charge is -2.21. The minimum atomic E-state index is -3.37. The Morgan fingerprint density at radius 1 is 1.27 bits per heavy atom.